The van der Waals surface area contributed by atoms with E-state index in [9.17, 15) is 0 Å². The summed E-state index contributed by atoms with van der Waals surface area (Å²) in [6.45, 7) is 3.96. The first kappa shape index (κ1) is 21.5. The molecular weight excluding hydrogens is 424 g/mol. The lowest BCUT2D eigenvalue weighted by molar-refractivity contribution is 0.618. The van der Waals surface area contributed by atoms with Crippen LogP contribution in [0.15, 0.2) is 72.8 Å². The van der Waals surface area contributed by atoms with Crippen LogP contribution in [-0.2, 0) is 12.8 Å². The van der Waals surface area contributed by atoms with Crippen molar-refractivity contribution in [3.63, 3.8) is 0 Å². The zero-order valence-corrected chi connectivity index (χ0v) is 19.1. The molecule has 0 atom stereocenters. The molecule has 0 aliphatic carbocycles. The highest BCUT2D eigenvalue weighted by molar-refractivity contribution is 5.55. The highest BCUT2D eigenvalue weighted by atomic mass is 15.5. The number of pyridine rings is 4. The molecule has 0 saturated carbocycles. The molecule has 168 valence electrons. The van der Waals surface area contributed by atoms with Crippen LogP contribution >= 0.6 is 0 Å². The van der Waals surface area contributed by atoms with Crippen LogP contribution in [0.25, 0.3) is 22.8 Å². The van der Waals surface area contributed by atoms with E-state index in [-0.39, 0.29) is 5.92 Å². The number of nitrogens with one attached hydrogen (secondary N) is 1. The summed E-state index contributed by atoms with van der Waals surface area (Å²) in [6, 6.07) is 23.9. The zero-order chi connectivity index (χ0) is 23.3. The molecule has 5 rings (SSSR count). The van der Waals surface area contributed by atoms with Gasteiger partial charge in [0.1, 0.15) is 0 Å². The molecule has 0 spiro atoms. The van der Waals surface area contributed by atoms with Crippen LogP contribution in [0.1, 0.15) is 34.5 Å². The molecule has 5 heterocycles. The number of aromatic amines is 1. The highest BCUT2D eigenvalue weighted by Crippen LogP contribution is 2.24. The normalized spacial score (nSPS) is 11.1. The van der Waals surface area contributed by atoms with Crippen LogP contribution in [0.4, 0.5) is 0 Å². The van der Waals surface area contributed by atoms with Gasteiger partial charge in [0.05, 0.1) is 22.8 Å². The number of nitrogens with zero attached hydrogens (tertiary/aromatic N) is 7. The monoisotopic (exact) mass is 448 g/mol. The predicted molar refractivity (Wildman–Crippen MR) is 129 cm³/mol. The number of hydrogen-bond donors (Lipinski definition) is 1. The SMILES string of the molecule is Cc1cccc(-c2cccc(CC(Cc3cccc(-c4cccc(C)n4)n3)c3nn[nH]n3)n2)n1. The molecule has 5 aromatic heterocycles. The van der Waals surface area contributed by atoms with Gasteiger partial charge in [-0.2, -0.15) is 5.21 Å². The molecular formula is C26H24N8. The molecule has 1 N–H and O–H groups in total. The van der Waals surface area contributed by atoms with Gasteiger partial charge in [-0.3, -0.25) is 19.9 Å². The first-order chi connectivity index (χ1) is 16.6. The maximum Gasteiger partial charge on any atom is 0.178 e. The maximum atomic E-state index is 4.87. The van der Waals surface area contributed by atoms with Crippen LogP contribution < -0.4 is 0 Å². The van der Waals surface area contributed by atoms with E-state index in [2.05, 4.69) is 30.6 Å². The topological polar surface area (TPSA) is 106 Å². The summed E-state index contributed by atoms with van der Waals surface area (Å²) in [5.74, 6) is 0.599. The van der Waals surface area contributed by atoms with Crippen molar-refractivity contribution in [2.24, 2.45) is 0 Å². The van der Waals surface area contributed by atoms with Crippen molar-refractivity contribution in [2.75, 3.05) is 0 Å². The lowest BCUT2D eigenvalue weighted by Crippen LogP contribution is -2.11. The van der Waals surface area contributed by atoms with Crippen LogP contribution in [0.2, 0.25) is 0 Å². The molecule has 0 bridgehead atoms. The van der Waals surface area contributed by atoms with E-state index in [4.69, 9.17) is 9.97 Å². The van der Waals surface area contributed by atoms with Crippen molar-refractivity contribution in [1.82, 2.24) is 40.6 Å². The Bertz CT molecular complexity index is 1310. The van der Waals surface area contributed by atoms with E-state index in [1.165, 1.54) is 0 Å². The van der Waals surface area contributed by atoms with Crippen molar-refractivity contribution in [3.05, 3.63) is 101 Å². The zero-order valence-electron chi connectivity index (χ0n) is 19.1. The van der Waals surface area contributed by atoms with Crippen molar-refractivity contribution >= 4 is 0 Å². The summed E-state index contributed by atoms with van der Waals surface area (Å²) < 4.78 is 0. The van der Waals surface area contributed by atoms with Crippen LogP contribution in [0.5, 0.6) is 0 Å². The number of rotatable bonds is 7. The van der Waals surface area contributed by atoms with E-state index < -0.39 is 0 Å². The molecule has 8 heteroatoms. The smallest absolute Gasteiger partial charge is 0.178 e. The Morgan fingerprint density at radius 3 is 1.53 bits per heavy atom. The van der Waals surface area contributed by atoms with Gasteiger partial charge >= 0.3 is 0 Å². The number of aryl methyl sites for hydroxylation is 2. The molecule has 8 nitrogen and oxygen atoms in total. The predicted octanol–water partition coefficient (Wildman–Crippen LogP) is 4.30. The van der Waals surface area contributed by atoms with Gasteiger partial charge in [-0.1, -0.05) is 29.5 Å². The molecule has 0 amide bonds. The lowest BCUT2D eigenvalue weighted by atomic mass is 9.95. The second-order valence-corrected chi connectivity index (χ2v) is 8.23. The number of tetrazole rings is 1. The lowest BCUT2D eigenvalue weighted by Gasteiger charge is -2.14. The molecule has 34 heavy (non-hydrogen) atoms. The van der Waals surface area contributed by atoms with Gasteiger partial charge in [0.2, 0.25) is 0 Å². The van der Waals surface area contributed by atoms with Gasteiger partial charge in [0.25, 0.3) is 0 Å². The van der Waals surface area contributed by atoms with Gasteiger partial charge in [0, 0.05) is 41.5 Å². The quantitative estimate of drug-likeness (QED) is 0.396. The number of aromatic nitrogens is 8. The van der Waals surface area contributed by atoms with Crippen molar-refractivity contribution in [3.8, 4) is 22.8 Å². The van der Waals surface area contributed by atoms with Gasteiger partial charge in [0.15, 0.2) is 5.82 Å². The Morgan fingerprint density at radius 2 is 1.09 bits per heavy atom. The standard InChI is InChI=1S/C26H24N8/c1-17-7-3-11-22(27-17)24-13-5-9-20(29-24)15-19(26-31-33-34-32-26)16-21-10-6-14-25(30-21)23-12-4-8-18(2)28-23/h3-14,19H,15-16H2,1-2H3,(H,31,32,33,34). The fraction of sp³-hybridized carbons (Fsp3) is 0.192. The third kappa shape index (κ3) is 5.01. The van der Waals surface area contributed by atoms with Crippen molar-refractivity contribution in [1.29, 1.82) is 0 Å². The molecule has 0 fully saturated rings. The Morgan fingerprint density at radius 1 is 0.618 bits per heavy atom. The molecule has 0 aliphatic heterocycles. The van der Waals surface area contributed by atoms with Crippen LogP contribution in [0.3, 0.4) is 0 Å². The summed E-state index contributed by atoms with van der Waals surface area (Å²) in [4.78, 5) is 19.0. The summed E-state index contributed by atoms with van der Waals surface area (Å²) in [7, 11) is 0. The van der Waals surface area contributed by atoms with E-state index in [1.54, 1.807) is 0 Å². The Kier molecular flexibility index (Phi) is 6.11. The largest absolute Gasteiger partial charge is 0.251 e. The Balaban J connectivity index is 1.42. The van der Waals surface area contributed by atoms with E-state index in [0.29, 0.717) is 18.7 Å². The molecule has 0 radical (unpaired) electrons. The molecule has 0 aliphatic rings. The van der Waals surface area contributed by atoms with E-state index >= 15 is 0 Å². The maximum absolute atomic E-state index is 4.87. The molecule has 5 aromatic rings. The van der Waals surface area contributed by atoms with Crippen LogP contribution in [-0.4, -0.2) is 40.6 Å². The molecule has 0 aromatic carbocycles. The number of hydrogen-bond acceptors (Lipinski definition) is 7. The third-order valence-corrected chi connectivity index (χ3v) is 5.55. The first-order valence-corrected chi connectivity index (χ1v) is 11.2. The second kappa shape index (κ2) is 9.66. The van der Waals surface area contributed by atoms with Crippen LogP contribution in [0, 0.1) is 13.8 Å². The summed E-state index contributed by atoms with van der Waals surface area (Å²) in [5, 5.41) is 14.9. The summed E-state index contributed by atoms with van der Waals surface area (Å²) in [6.07, 6.45) is 1.29. The minimum Gasteiger partial charge on any atom is -0.251 e. The second-order valence-electron chi connectivity index (χ2n) is 8.23. The van der Waals surface area contributed by atoms with Crippen molar-refractivity contribution < 1.29 is 0 Å². The molecule has 0 saturated heterocycles. The highest BCUT2D eigenvalue weighted by Gasteiger charge is 2.20. The van der Waals surface area contributed by atoms with Gasteiger partial charge in [-0.25, -0.2) is 0 Å². The minimum atomic E-state index is -0.0415. The first-order valence-electron chi connectivity index (χ1n) is 11.2. The minimum absolute atomic E-state index is 0.0415. The van der Waals surface area contributed by atoms with Gasteiger partial charge in [-0.05, 0) is 62.4 Å². The van der Waals surface area contributed by atoms with Gasteiger partial charge in [-0.15, -0.1) is 10.2 Å². The Labute approximate surface area is 197 Å². The van der Waals surface area contributed by atoms with E-state index in [1.807, 2.05) is 86.6 Å². The summed E-state index contributed by atoms with van der Waals surface area (Å²) >= 11 is 0. The van der Waals surface area contributed by atoms with Gasteiger partial charge < -0.3 is 0 Å². The fourth-order valence-electron chi connectivity index (χ4n) is 3.95. The Hall–Kier alpha value is -4.33. The third-order valence-electron chi connectivity index (χ3n) is 5.55. The molecule has 0 unspecified atom stereocenters. The van der Waals surface area contributed by atoms with Crippen molar-refractivity contribution in [2.45, 2.75) is 32.6 Å². The summed E-state index contributed by atoms with van der Waals surface area (Å²) in [5.41, 5.74) is 7.21. The fourth-order valence-corrected chi connectivity index (χ4v) is 3.95. The average molecular weight is 449 g/mol. The average Bonchev–Trinajstić information content (AvgIpc) is 3.39. The number of H-pyrrole nitrogens is 1. The van der Waals surface area contributed by atoms with E-state index in [0.717, 1.165) is 45.6 Å².